The summed E-state index contributed by atoms with van der Waals surface area (Å²) in [5, 5.41) is 11.9. The van der Waals surface area contributed by atoms with Crippen molar-refractivity contribution >= 4 is 22.7 Å². The van der Waals surface area contributed by atoms with Gasteiger partial charge in [0.2, 0.25) is 0 Å². The zero-order valence-corrected chi connectivity index (χ0v) is 13.9. The van der Waals surface area contributed by atoms with Crippen molar-refractivity contribution < 1.29 is 0 Å². The number of benzene rings is 2. The Kier molecular flexibility index (Phi) is 6.56. The topological polar surface area (TPSA) is 66.0 Å². The fraction of sp³-hybridized carbons (Fsp3) is 0.333. The first-order valence-corrected chi connectivity index (χ1v) is 7.92. The Hall–Kier alpha value is -2.40. The van der Waals surface area contributed by atoms with Crippen LogP contribution in [0.15, 0.2) is 58.8 Å². The summed E-state index contributed by atoms with van der Waals surface area (Å²) >= 11 is 0. The maximum Gasteiger partial charge on any atom is 0.0858 e. The third-order valence-corrected chi connectivity index (χ3v) is 3.47. The summed E-state index contributed by atoms with van der Waals surface area (Å²) in [4.78, 5) is 2.06. The average Bonchev–Trinajstić information content (AvgIpc) is 2.58. The molecule has 0 amide bonds. The van der Waals surface area contributed by atoms with Crippen LogP contribution in [0.5, 0.6) is 0 Å². The molecule has 3 N–H and O–H groups in total. The van der Waals surface area contributed by atoms with Gasteiger partial charge in [-0.25, -0.2) is 0 Å². The summed E-state index contributed by atoms with van der Waals surface area (Å²) in [5.41, 5.74) is 9.41. The van der Waals surface area contributed by atoms with Crippen LogP contribution >= 0.6 is 0 Å². The molecule has 0 aromatic heterocycles. The van der Waals surface area contributed by atoms with Crippen molar-refractivity contribution in [1.29, 1.82) is 0 Å². The highest BCUT2D eigenvalue weighted by molar-refractivity contribution is 5.53. The molecule has 0 spiro atoms. The smallest absolute Gasteiger partial charge is 0.0858 e. The van der Waals surface area contributed by atoms with Gasteiger partial charge in [-0.1, -0.05) is 0 Å². The Morgan fingerprint density at radius 1 is 0.870 bits per heavy atom. The predicted octanol–water partition coefficient (Wildman–Crippen LogP) is 4.32. The highest BCUT2D eigenvalue weighted by atomic mass is 15.1. The number of unbranched alkanes of at least 4 members (excludes halogenated alkanes) is 1. The highest BCUT2D eigenvalue weighted by Gasteiger charge is 1.96. The molecule has 0 atom stereocenters. The minimum Gasteiger partial charge on any atom is -0.385 e. The second kappa shape index (κ2) is 8.90. The van der Waals surface area contributed by atoms with Crippen LogP contribution in [0.25, 0.3) is 0 Å². The number of azo groups is 1. The van der Waals surface area contributed by atoms with E-state index in [1.54, 1.807) is 0 Å². The van der Waals surface area contributed by atoms with Gasteiger partial charge in [-0.15, -0.1) is 0 Å². The maximum atomic E-state index is 5.48. The molecule has 122 valence electrons. The molecular formula is C18H25N5. The third kappa shape index (κ3) is 5.71. The Morgan fingerprint density at radius 3 is 1.96 bits per heavy atom. The van der Waals surface area contributed by atoms with Gasteiger partial charge in [-0.3, -0.25) is 0 Å². The fourth-order valence-electron chi connectivity index (χ4n) is 2.08. The van der Waals surface area contributed by atoms with Gasteiger partial charge >= 0.3 is 0 Å². The molecule has 2 rings (SSSR count). The minimum absolute atomic E-state index is 0.747. The standard InChI is InChI=1S/C18H25N5/c1-23(2)18-11-9-17(10-12-18)22-21-16-7-5-15(6-8-16)20-14-4-3-13-19/h5-12,20H,3-4,13-14,19H2,1-2H3/b22-21+. The summed E-state index contributed by atoms with van der Waals surface area (Å²) in [5.74, 6) is 0. The van der Waals surface area contributed by atoms with Gasteiger partial charge in [0.15, 0.2) is 0 Å². The number of nitrogens with two attached hydrogens (primary N) is 1. The summed E-state index contributed by atoms with van der Waals surface area (Å²) in [6, 6.07) is 16.0. The van der Waals surface area contributed by atoms with Crippen molar-refractivity contribution in [3.8, 4) is 0 Å². The van der Waals surface area contributed by atoms with Crippen LogP contribution in [0.4, 0.5) is 22.7 Å². The zero-order valence-electron chi connectivity index (χ0n) is 13.9. The predicted molar refractivity (Wildman–Crippen MR) is 98.2 cm³/mol. The first-order valence-electron chi connectivity index (χ1n) is 7.92. The van der Waals surface area contributed by atoms with Crippen LogP contribution < -0.4 is 16.0 Å². The Labute approximate surface area is 138 Å². The molecule has 0 radical (unpaired) electrons. The number of nitrogens with zero attached hydrogens (tertiary/aromatic N) is 3. The van der Waals surface area contributed by atoms with E-state index in [1.807, 2.05) is 62.6 Å². The van der Waals surface area contributed by atoms with E-state index >= 15 is 0 Å². The molecule has 0 fully saturated rings. The molecule has 0 saturated carbocycles. The van der Waals surface area contributed by atoms with Crippen LogP contribution in [0.3, 0.4) is 0 Å². The minimum atomic E-state index is 0.747. The van der Waals surface area contributed by atoms with Crippen molar-refractivity contribution in [3.05, 3.63) is 48.5 Å². The second-order valence-electron chi connectivity index (χ2n) is 5.58. The number of hydrogen-bond acceptors (Lipinski definition) is 5. The van der Waals surface area contributed by atoms with E-state index in [4.69, 9.17) is 5.73 Å². The number of anilines is 2. The van der Waals surface area contributed by atoms with E-state index < -0.39 is 0 Å². The van der Waals surface area contributed by atoms with Crippen LogP contribution in [0.1, 0.15) is 12.8 Å². The van der Waals surface area contributed by atoms with E-state index in [-0.39, 0.29) is 0 Å². The maximum absolute atomic E-state index is 5.48. The monoisotopic (exact) mass is 311 g/mol. The molecule has 0 unspecified atom stereocenters. The van der Waals surface area contributed by atoms with E-state index in [1.165, 1.54) is 0 Å². The summed E-state index contributed by atoms with van der Waals surface area (Å²) < 4.78 is 0. The molecule has 2 aromatic carbocycles. The second-order valence-corrected chi connectivity index (χ2v) is 5.58. The van der Waals surface area contributed by atoms with Gasteiger partial charge in [-0.2, -0.15) is 10.2 Å². The van der Waals surface area contributed by atoms with Gasteiger partial charge in [0, 0.05) is 32.0 Å². The molecule has 0 saturated heterocycles. The molecular weight excluding hydrogens is 286 g/mol. The first-order chi connectivity index (χ1) is 11.2. The fourth-order valence-corrected chi connectivity index (χ4v) is 2.08. The average molecular weight is 311 g/mol. The Morgan fingerprint density at radius 2 is 1.43 bits per heavy atom. The molecule has 0 aliphatic rings. The summed E-state index contributed by atoms with van der Waals surface area (Å²) in [6.45, 7) is 1.69. The van der Waals surface area contributed by atoms with Crippen LogP contribution in [-0.4, -0.2) is 27.2 Å². The largest absolute Gasteiger partial charge is 0.385 e. The Bertz CT molecular complexity index is 602. The lowest BCUT2D eigenvalue weighted by Gasteiger charge is -2.11. The van der Waals surface area contributed by atoms with Crippen molar-refractivity contribution in [3.63, 3.8) is 0 Å². The molecule has 0 bridgehead atoms. The van der Waals surface area contributed by atoms with Gasteiger partial charge < -0.3 is 16.0 Å². The van der Waals surface area contributed by atoms with Crippen LogP contribution in [0, 0.1) is 0 Å². The normalized spacial score (nSPS) is 10.9. The molecule has 2 aromatic rings. The molecule has 0 heterocycles. The number of nitrogens with one attached hydrogen (secondary N) is 1. The van der Waals surface area contributed by atoms with Gasteiger partial charge in [0.1, 0.15) is 0 Å². The molecule has 0 aliphatic carbocycles. The van der Waals surface area contributed by atoms with Gasteiger partial charge in [0.05, 0.1) is 11.4 Å². The summed E-state index contributed by atoms with van der Waals surface area (Å²) in [7, 11) is 4.03. The lowest BCUT2D eigenvalue weighted by atomic mass is 10.2. The third-order valence-electron chi connectivity index (χ3n) is 3.47. The van der Waals surface area contributed by atoms with Gasteiger partial charge in [0.25, 0.3) is 0 Å². The molecule has 5 nitrogen and oxygen atoms in total. The lowest BCUT2D eigenvalue weighted by molar-refractivity contribution is 0.774. The Balaban J connectivity index is 1.89. The molecule has 0 aliphatic heterocycles. The van der Waals surface area contributed by atoms with E-state index in [2.05, 4.69) is 20.4 Å². The SMILES string of the molecule is CN(C)c1ccc(/N=N/c2ccc(NCCCCN)cc2)cc1. The first kappa shape index (κ1) is 17.0. The van der Waals surface area contributed by atoms with Crippen molar-refractivity contribution in [2.75, 3.05) is 37.4 Å². The lowest BCUT2D eigenvalue weighted by Crippen LogP contribution is -2.07. The number of rotatable bonds is 8. The van der Waals surface area contributed by atoms with Crippen LogP contribution in [0.2, 0.25) is 0 Å². The van der Waals surface area contributed by atoms with Gasteiger partial charge in [-0.05, 0) is 67.9 Å². The van der Waals surface area contributed by atoms with E-state index in [0.29, 0.717) is 0 Å². The van der Waals surface area contributed by atoms with Crippen molar-refractivity contribution in [2.45, 2.75) is 12.8 Å². The van der Waals surface area contributed by atoms with Crippen molar-refractivity contribution in [1.82, 2.24) is 0 Å². The molecule has 5 heteroatoms. The molecule has 23 heavy (non-hydrogen) atoms. The zero-order chi connectivity index (χ0) is 16.5. The number of hydrogen-bond donors (Lipinski definition) is 2. The highest BCUT2D eigenvalue weighted by Crippen LogP contribution is 2.22. The van der Waals surface area contributed by atoms with E-state index in [9.17, 15) is 0 Å². The quantitative estimate of drug-likeness (QED) is 0.563. The van der Waals surface area contributed by atoms with E-state index in [0.717, 1.165) is 48.7 Å². The van der Waals surface area contributed by atoms with Crippen molar-refractivity contribution in [2.24, 2.45) is 16.0 Å². The van der Waals surface area contributed by atoms with Crippen LogP contribution in [-0.2, 0) is 0 Å². The summed E-state index contributed by atoms with van der Waals surface area (Å²) in [6.07, 6.45) is 2.13.